The summed E-state index contributed by atoms with van der Waals surface area (Å²) in [5.74, 6) is -1.25. The standard InChI is InChI=1S/C13H12BrNO4S2/c1-8(9-2-4-10(14)5-3-9)15-21(18,19)11-6-7-20-12(11)13(16)17/h2-8,15H,1H3,(H,16,17)/t8-/m1/s1. The van der Waals surface area contributed by atoms with Crippen LogP contribution in [-0.4, -0.2) is 19.5 Å². The number of sulfonamides is 1. The predicted molar refractivity (Wildman–Crippen MR) is 84.2 cm³/mol. The van der Waals surface area contributed by atoms with Crippen molar-refractivity contribution >= 4 is 43.3 Å². The van der Waals surface area contributed by atoms with Crippen molar-refractivity contribution in [2.45, 2.75) is 17.9 Å². The van der Waals surface area contributed by atoms with Gasteiger partial charge in [0.1, 0.15) is 9.77 Å². The first-order valence-electron chi connectivity index (χ1n) is 5.90. The molecular weight excluding hydrogens is 378 g/mol. The van der Waals surface area contributed by atoms with Crippen LogP contribution in [0.15, 0.2) is 45.1 Å². The van der Waals surface area contributed by atoms with Crippen LogP contribution in [0.4, 0.5) is 0 Å². The Bertz CT molecular complexity index is 753. The molecule has 2 aromatic rings. The summed E-state index contributed by atoms with van der Waals surface area (Å²) in [6, 6.07) is 8.04. The van der Waals surface area contributed by atoms with Crippen molar-refractivity contribution in [3.8, 4) is 0 Å². The second-order valence-corrected chi connectivity index (χ2v) is 7.83. The van der Waals surface area contributed by atoms with E-state index in [4.69, 9.17) is 5.11 Å². The van der Waals surface area contributed by atoms with Gasteiger partial charge in [0.05, 0.1) is 0 Å². The molecule has 0 aliphatic rings. The summed E-state index contributed by atoms with van der Waals surface area (Å²) in [5, 5.41) is 10.5. The molecule has 112 valence electrons. The van der Waals surface area contributed by atoms with Crippen molar-refractivity contribution < 1.29 is 18.3 Å². The van der Waals surface area contributed by atoms with Crippen LogP contribution in [0.5, 0.6) is 0 Å². The topological polar surface area (TPSA) is 83.5 Å². The lowest BCUT2D eigenvalue weighted by atomic mass is 10.1. The molecule has 0 bridgehead atoms. The number of thiophene rings is 1. The van der Waals surface area contributed by atoms with Crippen LogP contribution < -0.4 is 4.72 Å². The van der Waals surface area contributed by atoms with E-state index < -0.39 is 22.0 Å². The highest BCUT2D eigenvalue weighted by Crippen LogP contribution is 2.24. The molecule has 0 saturated heterocycles. The smallest absolute Gasteiger partial charge is 0.347 e. The van der Waals surface area contributed by atoms with Gasteiger partial charge in [-0.2, -0.15) is 0 Å². The monoisotopic (exact) mass is 389 g/mol. The maximum Gasteiger partial charge on any atom is 0.347 e. The van der Waals surface area contributed by atoms with Gasteiger partial charge in [-0.05, 0) is 36.1 Å². The summed E-state index contributed by atoms with van der Waals surface area (Å²) in [7, 11) is -3.88. The van der Waals surface area contributed by atoms with Crippen LogP contribution in [0, 0.1) is 0 Å². The van der Waals surface area contributed by atoms with Crippen LogP contribution in [0.1, 0.15) is 28.2 Å². The van der Waals surface area contributed by atoms with Gasteiger partial charge in [-0.15, -0.1) is 11.3 Å². The Morgan fingerprint density at radius 1 is 1.29 bits per heavy atom. The van der Waals surface area contributed by atoms with E-state index in [-0.39, 0.29) is 9.77 Å². The minimum Gasteiger partial charge on any atom is -0.477 e. The van der Waals surface area contributed by atoms with Crippen molar-refractivity contribution in [1.29, 1.82) is 0 Å². The number of carboxylic acid groups (broad SMARTS) is 1. The number of rotatable bonds is 5. The first-order valence-corrected chi connectivity index (χ1v) is 9.05. The summed E-state index contributed by atoms with van der Waals surface area (Å²) in [5.41, 5.74) is 0.786. The maximum absolute atomic E-state index is 12.3. The van der Waals surface area contributed by atoms with Crippen molar-refractivity contribution in [1.82, 2.24) is 4.72 Å². The molecular formula is C13H12BrNO4S2. The van der Waals surface area contributed by atoms with Gasteiger partial charge in [0.15, 0.2) is 0 Å². The highest BCUT2D eigenvalue weighted by Gasteiger charge is 2.25. The van der Waals surface area contributed by atoms with Crippen molar-refractivity contribution in [3.05, 3.63) is 50.6 Å². The summed E-state index contributed by atoms with van der Waals surface area (Å²) in [6.07, 6.45) is 0. The first-order chi connectivity index (χ1) is 9.81. The maximum atomic E-state index is 12.3. The van der Waals surface area contributed by atoms with Crippen LogP contribution in [-0.2, 0) is 10.0 Å². The number of hydrogen-bond donors (Lipinski definition) is 2. The van der Waals surface area contributed by atoms with Crippen molar-refractivity contribution in [2.75, 3.05) is 0 Å². The van der Waals surface area contributed by atoms with Crippen molar-refractivity contribution in [3.63, 3.8) is 0 Å². The molecule has 0 spiro atoms. The number of halogens is 1. The van der Waals surface area contributed by atoms with E-state index in [1.54, 1.807) is 19.1 Å². The summed E-state index contributed by atoms with van der Waals surface area (Å²) >= 11 is 4.19. The number of carboxylic acids is 1. The summed E-state index contributed by atoms with van der Waals surface area (Å²) in [6.45, 7) is 1.70. The number of aromatic carboxylic acids is 1. The molecule has 1 aromatic carbocycles. The van der Waals surface area contributed by atoms with E-state index in [0.29, 0.717) is 0 Å². The Kier molecular flexibility index (Phi) is 4.82. The fraction of sp³-hybridized carbons (Fsp3) is 0.154. The van der Waals surface area contributed by atoms with Gasteiger partial charge in [-0.1, -0.05) is 28.1 Å². The van der Waals surface area contributed by atoms with Gasteiger partial charge in [0.25, 0.3) is 0 Å². The zero-order valence-electron chi connectivity index (χ0n) is 10.9. The normalized spacial score (nSPS) is 13.0. The van der Waals surface area contributed by atoms with Crippen LogP contribution >= 0.6 is 27.3 Å². The molecule has 21 heavy (non-hydrogen) atoms. The van der Waals surface area contributed by atoms with Crippen molar-refractivity contribution in [2.24, 2.45) is 0 Å². The molecule has 0 fully saturated rings. The number of benzene rings is 1. The second-order valence-electron chi connectivity index (χ2n) is 4.31. The molecule has 1 atom stereocenters. The van der Waals surface area contributed by atoms with E-state index in [1.165, 1.54) is 11.4 Å². The molecule has 2 rings (SSSR count). The average molecular weight is 390 g/mol. The molecule has 0 amide bonds. The lowest BCUT2D eigenvalue weighted by Crippen LogP contribution is -2.27. The zero-order valence-corrected chi connectivity index (χ0v) is 14.1. The Balaban J connectivity index is 2.27. The minimum atomic E-state index is -3.88. The molecule has 1 heterocycles. The largest absolute Gasteiger partial charge is 0.477 e. The molecule has 0 aliphatic carbocycles. The van der Waals surface area contributed by atoms with Gasteiger partial charge in [0.2, 0.25) is 10.0 Å². The Morgan fingerprint density at radius 2 is 1.90 bits per heavy atom. The van der Waals surface area contributed by atoms with Gasteiger partial charge in [-0.3, -0.25) is 0 Å². The van der Waals surface area contributed by atoms with Gasteiger partial charge in [-0.25, -0.2) is 17.9 Å². The first kappa shape index (κ1) is 16.2. The fourth-order valence-corrected chi connectivity index (χ4v) is 4.54. The fourth-order valence-electron chi connectivity index (χ4n) is 1.78. The predicted octanol–water partition coefficient (Wildman–Crippen LogP) is 3.25. The highest BCUT2D eigenvalue weighted by atomic mass is 79.9. The molecule has 0 saturated carbocycles. The molecule has 2 N–H and O–H groups in total. The Labute approximate surface area is 134 Å². The summed E-state index contributed by atoms with van der Waals surface area (Å²) in [4.78, 5) is 10.6. The van der Waals surface area contributed by atoms with E-state index in [9.17, 15) is 13.2 Å². The lowest BCUT2D eigenvalue weighted by molar-refractivity contribution is 0.0698. The second kappa shape index (κ2) is 6.27. The third kappa shape index (κ3) is 3.70. The molecule has 5 nitrogen and oxygen atoms in total. The van der Waals surface area contributed by atoms with E-state index >= 15 is 0 Å². The molecule has 0 aliphatic heterocycles. The quantitative estimate of drug-likeness (QED) is 0.821. The van der Waals surface area contributed by atoms with Crippen LogP contribution in [0.25, 0.3) is 0 Å². The summed E-state index contributed by atoms with van der Waals surface area (Å²) < 4.78 is 28.0. The number of hydrogen-bond acceptors (Lipinski definition) is 4. The lowest BCUT2D eigenvalue weighted by Gasteiger charge is -2.14. The van der Waals surface area contributed by atoms with E-state index in [1.807, 2.05) is 12.1 Å². The Morgan fingerprint density at radius 3 is 2.48 bits per heavy atom. The minimum absolute atomic E-state index is 0.189. The molecule has 0 unspecified atom stereocenters. The van der Waals surface area contributed by atoms with Gasteiger partial charge >= 0.3 is 5.97 Å². The SMILES string of the molecule is C[C@@H](NS(=O)(=O)c1ccsc1C(=O)O)c1ccc(Br)cc1. The molecule has 0 radical (unpaired) electrons. The van der Waals surface area contributed by atoms with E-state index in [2.05, 4.69) is 20.7 Å². The number of nitrogens with one attached hydrogen (secondary N) is 1. The third-order valence-corrected chi connectivity index (χ3v) is 5.96. The zero-order chi connectivity index (χ0) is 15.6. The van der Waals surface area contributed by atoms with Crippen LogP contribution in [0.2, 0.25) is 0 Å². The molecule has 1 aromatic heterocycles. The van der Waals surface area contributed by atoms with Gasteiger partial charge in [0, 0.05) is 10.5 Å². The number of carbonyl (C=O) groups is 1. The highest BCUT2D eigenvalue weighted by molar-refractivity contribution is 9.10. The average Bonchev–Trinajstić information content (AvgIpc) is 2.89. The van der Waals surface area contributed by atoms with Crippen LogP contribution in [0.3, 0.4) is 0 Å². The van der Waals surface area contributed by atoms with E-state index in [0.717, 1.165) is 21.4 Å². The molecule has 8 heteroatoms. The van der Waals surface area contributed by atoms with Gasteiger partial charge < -0.3 is 5.11 Å². The Hall–Kier alpha value is -1.22. The third-order valence-electron chi connectivity index (χ3n) is 2.81.